The first-order valence-electron chi connectivity index (χ1n) is 14.8. The van der Waals surface area contributed by atoms with Crippen LogP contribution in [-0.2, 0) is 4.79 Å². The fourth-order valence-electron chi connectivity index (χ4n) is 6.09. The van der Waals surface area contributed by atoms with Crippen molar-refractivity contribution in [2.45, 2.75) is 52.2 Å². The first kappa shape index (κ1) is 29.9. The Morgan fingerprint density at radius 3 is 2.44 bits per heavy atom. The quantitative estimate of drug-likeness (QED) is 0.291. The third kappa shape index (κ3) is 6.59. The molecule has 5 rings (SSSR count). The summed E-state index contributed by atoms with van der Waals surface area (Å²) in [6, 6.07) is 21.5. The summed E-state index contributed by atoms with van der Waals surface area (Å²) in [6.45, 7) is 7.90. The van der Waals surface area contributed by atoms with Gasteiger partial charge < -0.3 is 19.5 Å². The minimum Gasteiger partial charge on any atom is -0.494 e. The number of anilines is 2. The highest BCUT2D eigenvalue weighted by Gasteiger charge is 2.39. The predicted octanol–water partition coefficient (Wildman–Crippen LogP) is 6.48. The molecule has 0 radical (unpaired) electrons. The molecule has 0 aliphatic carbocycles. The normalized spacial score (nSPS) is 21.7. The molecular formula is C34H37FN4O4. The zero-order chi connectivity index (χ0) is 30.5. The molecule has 8 nitrogen and oxygen atoms in total. The highest BCUT2D eigenvalue weighted by molar-refractivity contribution is 6.05. The predicted molar refractivity (Wildman–Crippen MR) is 164 cm³/mol. The van der Waals surface area contributed by atoms with Gasteiger partial charge in [0.05, 0.1) is 47.8 Å². The monoisotopic (exact) mass is 584 g/mol. The van der Waals surface area contributed by atoms with Gasteiger partial charge in [-0.1, -0.05) is 26.0 Å². The Morgan fingerprint density at radius 1 is 1.09 bits per heavy atom. The van der Waals surface area contributed by atoms with Crippen LogP contribution in [0.1, 0.15) is 51.2 Å². The molecule has 2 heterocycles. The number of carboxylic acid groups (broad SMARTS) is 1. The van der Waals surface area contributed by atoms with Gasteiger partial charge in [0.1, 0.15) is 23.4 Å². The number of ether oxygens (including phenoxy) is 2. The van der Waals surface area contributed by atoms with Crippen LogP contribution in [0.25, 0.3) is 0 Å². The van der Waals surface area contributed by atoms with Gasteiger partial charge in [-0.15, -0.1) is 0 Å². The molecule has 0 saturated carbocycles. The van der Waals surface area contributed by atoms with E-state index in [1.54, 1.807) is 24.3 Å². The third-order valence-electron chi connectivity index (χ3n) is 8.26. The Bertz CT molecular complexity index is 1500. The summed E-state index contributed by atoms with van der Waals surface area (Å²) in [6.07, 6.45) is 1.39. The second kappa shape index (κ2) is 13.2. The van der Waals surface area contributed by atoms with E-state index < -0.39 is 5.97 Å². The lowest BCUT2D eigenvalue weighted by molar-refractivity contribution is -0.137. The van der Waals surface area contributed by atoms with E-state index in [1.165, 1.54) is 6.07 Å². The highest BCUT2D eigenvalue weighted by Crippen LogP contribution is 2.36. The number of nitriles is 1. The lowest BCUT2D eigenvalue weighted by Gasteiger charge is -2.38. The van der Waals surface area contributed by atoms with Crippen LogP contribution in [0.3, 0.4) is 0 Å². The number of piperidine rings is 1. The number of hydrazone groups is 1. The molecule has 0 spiro atoms. The smallest absolute Gasteiger partial charge is 0.305 e. The number of hydrogen-bond acceptors (Lipinski definition) is 7. The minimum absolute atomic E-state index is 0.0303. The van der Waals surface area contributed by atoms with Gasteiger partial charge in [0, 0.05) is 37.4 Å². The fraction of sp³-hybridized carbons (Fsp3) is 0.382. The minimum atomic E-state index is -0.880. The SMILES string of the molecule is CCOc1ccc(F)c(N2CC[C@@H](Oc3ccc(N4N=C(c5ccc(C#N)cc5)C(CC)[C@@H]4CC(=O)O)cc3)C(C)C2)c1. The molecule has 9 heteroatoms. The Morgan fingerprint density at radius 2 is 1.81 bits per heavy atom. The standard InChI is InChI=1S/C34H37FN4O4/c1-4-28-30(19-33(40)41)39(37-34(28)24-8-6-23(20-36)7-9-24)25-10-12-26(13-11-25)43-32-16-17-38(21-22(32)3)31-18-27(42-5-2)14-15-29(31)35/h6-15,18,22,28,30,32H,4-5,16-17,19,21H2,1-3H3,(H,40,41)/t22?,28?,30-,32+/m0/s1. The summed E-state index contributed by atoms with van der Waals surface area (Å²) in [5.41, 5.74) is 3.60. The molecule has 43 heavy (non-hydrogen) atoms. The number of nitrogens with zero attached hydrogens (tertiary/aromatic N) is 4. The highest BCUT2D eigenvalue weighted by atomic mass is 19.1. The molecule has 0 aromatic heterocycles. The average molecular weight is 585 g/mol. The van der Waals surface area contributed by atoms with Crippen molar-refractivity contribution in [1.29, 1.82) is 5.26 Å². The Kier molecular flexibility index (Phi) is 9.15. The molecule has 224 valence electrons. The number of aliphatic carboxylic acids is 1. The average Bonchev–Trinajstić information content (AvgIpc) is 3.37. The van der Waals surface area contributed by atoms with E-state index >= 15 is 0 Å². The van der Waals surface area contributed by atoms with E-state index in [4.69, 9.17) is 14.6 Å². The van der Waals surface area contributed by atoms with Crippen LogP contribution in [-0.4, -0.2) is 48.6 Å². The molecule has 4 atom stereocenters. The number of rotatable bonds is 10. The summed E-state index contributed by atoms with van der Waals surface area (Å²) in [5, 5.41) is 25.6. The Balaban J connectivity index is 1.30. The van der Waals surface area contributed by atoms with Gasteiger partial charge in [-0.3, -0.25) is 9.80 Å². The number of benzene rings is 3. The largest absolute Gasteiger partial charge is 0.494 e. The number of hydrogen-bond donors (Lipinski definition) is 1. The van der Waals surface area contributed by atoms with Gasteiger partial charge in [-0.2, -0.15) is 10.4 Å². The van der Waals surface area contributed by atoms with Crippen LogP contribution >= 0.6 is 0 Å². The molecule has 0 bridgehead atoms. The maximum absolute atomic E-state index is 14.6. The van der Waals surface area contributed by atoms with Gasteiger partial charge >= 0.3 is 5.97 Å². The van der Waals surface area contributed by atoms with Gasteiger partial charge in [0.15, 0.2) is 0 Å². The number of carboxylic acids is 1. The second-order valence-corrected chi connectivity index (χ2v) is 11.1. The first-order valence-corrected chi connectivity index (χ1v) is 14.8. The molecule has 2 unspecified atom stereocenters. The molecule has 0 amide bonds. The van der Waals surface area contributed by atoms with Crippen molar-refractivity contribution in [3.8, 4) is 17.6 Å². The van der Waals surface area contributed by atoms with Crippen molar-refractivity contribution in [3.63, 3.8) is 0 Å². The van der Waals surface area contributed by atoms with Crippen LogP contribution in [0.2, 0.25) is 0 Å². The zero-order valence-electron chi connectivity index (χ0n) is 24.7. The van der Waals surface area contributed by atoms with Gasteiger partial charge in [-0.25, -0.2) is 4.39 Å². The molecule has 1 N–H and O–H groups in total. The summed E-state index contributed by atoms with van der Waals surface area (Å²) in [7, 11) is 0. The Labute approximate surface area is 251 Å². The molecule has 3 aromatic carbocycles. The molecule has 2 aliphatic rings. The van der Waals surface area contributed by atoms with Crippen LogP contribution in [0.5, 0.6) is 11.5 Å². The molecule has 3 aromatic rings. The van der Waals surface area contributed by atoms with Crippen molar-refractivity contribution in [2.24, 2.45) is 16.9 Å². The van der Waals surface area contributed by atoms with E-state index in [1.807, 2.05) is 55.3 Å². The van der Waals surface area contributed by atoms with E-state index in [-0.39, 0.29) is 36.2 Å². The van der Waals surface area contributed by atoms with E-state index in [0.29, 0.717) is 36.7 Å². The summed E-state index contributed by atoms with van der Waals surface area (Å²) < 4.78 is 26.6. The van der Waals surface area contributed by atoms with E-state index in [2.05, 4.69) is 17.9 Å². The van der Waals surface area contributed by atoms with Crippen LogP contribution < -0.4 is 19.4 Å². The summed E-state index contributed by atoms with van der Waals surface area (Å²) >= 11 is 0. The molecule has 1 saturated heterocycles. The summed E-state index contributed by atoms with van der Waals surface area (Å²) in [5.74, 6) is 0.318. The summed E-state index contributed by atoms with van der Waals surface area (Å²) in [4.78, 5) is 13.9. The third-order valence-corrected chi connectivity index (χ3v) is 8.26. The number of carbonyl (C=O) groups is 1. The lowest BCUT2D eigenvalue weighted by atomic mass is 9.87. The second-order valence-electron chi connectivity index (χ2n) is 11.1. The van der Waals surface area contributed by atoms with Crippen molar-refractivity contribution >= 4 is 23.1 Å². The fourth-order valence-corrected chi connectivity index (χ4v) is 6.09. The zero-order valence-corrected chi connectivity index (χ0v) is 24.7. The topological polar surface area (TPSA) is 98.4 Å². The molecule has 1 fully saturated rings. The van der Waals surface area contributed by atoms with Crippen molar-refractivity contribution in [2.75, 3.05) is 29.6 Å². The Hall–Kier alpha value is -4.58. The van der Waals surface area contributed by atoms with Crippen molar-refractivity contribution in [1.82, 2.24) is 0 Å². The maximum Gasteiger partial charge on any atom is 0.305 e. The lowest BCUT2D eigenvalue weighted by Crippen LogP contribution is -2.44. The maximum atomic E-state index is 14.6. The van der Waals surface area contributed by atoms with Gasteiger partial charge in [0.25, 0.3) is 0 Å². The molecule has 2 aliphatic heterocycles. The van der Waals surface area contributed by atoms with Gasteiger partial charge in [0.2, 0.25) is 0 Å². The van der Waals surface area contributed by atoms with E-state index in [9.17, 15) is 19.6 Å². The van der Waals surface area contributed by atoms with Crippen LogP contribution in [0, 0.1) is 29.0 Å². The first-order chi connectivity index (χ1) is 20.8. The van der Waals surface area contributed by atoms with Gasteiger partial charge in [-0.05, 0) is 67.4 Å². The molecular weight excluding hydrogens is 547 g/mol. The van der Waals surface area contributed by atoms with E-state index in [0.717, 1.165) is 35.6 Å². The van der Waals surface area contributed by atoms with Crippen molar-refractivity contribution in [3.05, 3.63) is 83.7 Å². The number of halogens is 1. The van der Waals surface area contributed by atoms with Crippen LogP contribution in [0.4, 0.5) is 15.8 Å². The van der Waals surface area contributed by atoms with Crippen LogP contribution in [0.15, 0.2) is 71.8 Å². The van der Waals surface area contributed by atoms with Crippen molar-refractivity contribution < 1.29 is 23.8 Å².